The molecular weight excluding hydrogens is 408 g/mol. The van der Waals surface area contributed by atoms with Crippen molar-refractivity contribution in [3.8, 4) is 0 Å². The van der Waals surface area contributed by atoms with Crippen molar-refractivity contribution < 1.29 is 9.59 Å². The zero-order valence-corrected chi connectivity index (χ0v) is 18.9. The van der Waals surface area contributed by atoms with Gasteiger partial charge in [-0.05, 0) is 113 Å². The van der Waals surface area contributed by atoms with Crippen molar-refractivity contribution in [3.05, 3.63) is 0 Å². The number of anilines is 2. The lowest BCUT2D eigenvalue weighted by molar-refractivity contribution is -0.140. The highest BCUT2D eigenvalue weighted by atomic mass is 32.1. The van der Waals surface area contributed by atoms with Crippen molar-refractivity contribution >= 4 is 34.4 Å². The molecule has 1 aromatic heterocycles. The molecule has 0 aliphatic heterocycles. The molecule has 8 bridgehead atoms. The molecule has 166 valence electrons. The van der Waals surface area contributed by atoms with Crippen molar-refractivity contribution in [1.29, 1.82) is 0 Å². The van der Waals surface area contributed by atoms with Crippen LogP contribution in [0.3, 0.4) is 0 Å². The van der Waals surface area contributed by atoms with Crippen LogP contribution in [0.25, 0.3) is 0 Å². The number of carbonyl (C=O) groups is 2. The molecule has 2 amide bonds. The lowest BCUT2D eigenvalue weighted by atomic mass is 9.49. The summed E-state index contributed by atoms with van der Waals surface area (Å²) in [5, 5.41) is 6.64. The van der Waals surface area contributed by atoms with Crippen LogP contribution in [0.15, 0.2) is 0 Å². The summed E-state index contributed by atoms with van der Waals surface area (Å²) in [4.78, 5) is 31.0. The number of nitrogens with one attached hydrogen (secondary N) is 2. The van der Waals surface area contributed by atoms with Gasteiger partial charge in [0, 0.05) is 11.5 Å². The fourth-order valence-corrected chi connectivity index (χ4v) is 10.1. The first kappa shape index (κ1) is 19.0. The molecule has 6 nitrogen and oxygen atoms in total. The van der Waals surface area contributed by atoms with E-state index in [1.54, 1.807) is 0 Å². The normalized spacial score (nSPS) is 46.3. The molecule has 0 unspecified atom stereocenters. The van der Waals surface area contributed by atoms with Crippen LogP contribution in [-0.4, -0.2) is 21.2 Å². The molecule has 8 fully saturated rings. The lowest BCUT2D eigenvalue weighted by Gasteiger charge is -2.55. The summed E-state index contributed by atoms with van der Waals surface area (Å²) < 4.78 is 4.37. The molecule has 0 atom stereocenters. The first-order valence-electron chi connectivity index (χ1n) is 12.4. The van der Waals surface area contributed by atoms with Gasteiger partial charge in [-0.25, -0.2) is 0 Å². The van der Waals surface area contributed by atoms with Crippen molar-refractivity contribution in [2.75, 3.05) is 10.6 Å². The second-order valence-corrected chi connectivity index (χ2v) is 13.0. The van der Waals surface area contributed by atoms with Gasteiger partial charge in [-0.3, -0.25) is 14.9 Å². The summed E-state index contributed by atoms with van der Waals surface area (Å²) in [5.74, 6) is 5.03. The minimum absolute atomic E-state index is 0.114. The molecule has 8 aliphatic carbocycles. The van der Waals surface area contributed by atoms with Crippen LogP contribution in [0, 0.1) is 46.3 Å². The van der Waals surface area contributed by atoms with Gasteiger partial charge in [0.1, 0.15) is 0 Å². The Bertz CT molecular complexity index is 797. The first-order valence-corrected chi connectivity index (χ1v) is 13.2. The number of hydrogen-bond acceptors (Lipinski definition) is 5. The van der Waals surface area contributed by atoms with Crippen LogP contribution >= 0.6 is 11.5 Å². The summed E-state index contributed by atoms with van der Waals surface area (Å²) in [5.41, 5.74) is -0.397. The van der Waals surface area contributed by atoms with Gasteiger partial charge < -0.3 is 5.32 Å². The molecule has 8 saturated carbocycles. The molecule has 0 spiro atoms. The van der Waals surface area contributed by atoms with Crippen LogP contribution in [0.4, 0.5) is 11.1 Å². The Morgan fingerprint density at radius 1 is 0.677 bits per heavy atom. The maximum Gasteiger partial charge on any atom is 0.243 e. The average Bonchev–Trinajstić information content (AvgIpc) is 3.12. The monoisotopic (exact) mass is 440 g/mol. The summed E-state index contributed by atoms with van der Waals surface area (Å²) >= 11 is 1.19. The van der Waals surface area contributed by atoms with E-state index in [1.165, 1.54) is 50.1 Å². The van der Waals surface area contributed by atoms with E-state index in [0.29, 0.717) is 11.1 Å². The summed E-state index contributed by atoms with van der Waals surface area (Å²) in [6.45, 7) is 0. The second-order valence-electron chi connectivity index (χ2n) is 12.2. The molecule has 0 aromatic carbocycles. The molecule has 7 heteroatoms. The third-order valence-electron chi connectivity index (χ3n) is 9.91. The van der Waals surface area contributed by atoms with Gasteiger partial charge in [0.25, 0.3) is 0 Å². The van der Waals surface area contributed by atoms with E-state index in [9.17, 15) is 9.59 Å². The fraction of sp³-hybridized carbons (Fsp3) is 0.833. The van der Waals surface area contributed by atoms with Gasteiger partial charge in [0.2, 0.25) is 22.9 Å². The van der Waals surface area contributed by atoms with Crippen molar-refractivity contribution in [2.24, 2.45) is 46.3 Å². The molecule has 0 saturated heterocycles. The number of aromatic nitrogens is 2. The highest BCUT2D eigenvalue weighted by Crippen LogP contribution is 2.61. The van der Waals surface area contributed by atoms with Gasteiger partial charge in [-0.1, -0.05) is 0 Å². The van der Waals surface area contributed by atoms with E-state index >= 15 is 0 Å². The third kappa shape index (κ3) is 3.01. The molecule has 31 heavy (non-hydrogen) atoms. The minimum atomic E-state index is -0.206. The smallest absolute Gasteiger partial charge is 0.243 e. The Morgan fingerprint density at radius 3 is 1.48 bits per heavy atom. The number of hydrogen-bond donors (Lipinski definition) is 2. The third-order valence-corrected chi connectivity index (χ3v) is 10.5. The van der Waals surface area contributed by atoms with Crippen molar-refractivity contribution in [3.63, 3.8) is 0 Å². The molecule has 8 aliphatic rings. The Morgan fingerprint density at radius 2 is 1.06 bits per heavy atom. The highest BCUT2D eigenvalue weighted by Gasteiger charge is 2.56. The SMILES string of the molecule is O=C(Nc1nsc(NC(=O)C23CC4CC(CC(C4)C2)C3)n1)C12CC3CC(CC(C3)C1)C2. The zero-order valence-electron chi connectivity index (χ0n) is 18.1. The zero-order chi connectivity index (χ0) is 20.8. The van der Waals surface area contributed by atoms with Gasteiger partial charge in [0.15, 0.2) is 0 Å². The van der Waals surface area contributed by atoms with E-state index in [2.05, 4.69) is 20.0 Å². The minimum Gasteiger partial charge on any atom is -0.300 e. The van der Waals surface area contributed by atoms with Crippen LogP contribution in [0.2, 0.25) is 0 Å². The van der Waals surface area contributed by atoms with Gasteiger partial charge in [-0.2, -0.15) is 9.36 Å². The van der Waals surface area contributed by atoms with Crippen LogP contribution in [0.1, 0.15) is 77.0 Å². The van der Waals surface area contributed by atoms with Crippen LogP contribution < -0.4 is 10.6 Å². The number of nitrogens with zero attached hydrogens (tertiary/aromatic N) is 2. The summed E-state index contributed by atoms with van der Waals surface area (Å²) in [6, 6.07) is 0. The molecule has 9 rings (SSSR count). The van der Waals surface area contributed by atoms with Gasteiger partial charge in [-0.15, -0.1) is 0 Å². The lowest BCUT2D eigenvalue weighted by Crippen LogP contribution is -2.52. The van der Waals surface area contributed by atoms with E-state index in [-0.39, 0.29) is 22.6 Å². The quantitative estimate of drug-likeness (QED) is 0.701. The van der Waals surface area contributed by atoms with Crippen molar-refractivity contribution in [2.45, 2.75) is 77.0 Å². The van der Waals surface area contributed by atoms with Crippen LogP contribution in [-0.2, 0) is 9.59 Å². The number of amides is 2. The van der Waals surface area contributed by atoms with Crippen LogP contribution in [0.5, 0.6) is 0 Å². The van der Waals surface area contributed by atoms with E-state index in [1.807, 2.05) is 0 Å². The van der Waals surface area contributed by atoms with E-state index in [0.717, 1.165) is 74.0 Å². The predicted octanol–water partition coefficient (Wildman–Crippen LogP) is 4.85. The van der Waals surface area contributed by atoms with E-state index < -0.39 is 0 Å². The first-order chi connectivity index (χ1) is 15.0. The fourth-order valence-electron chi connectivity index (χ4n) is 9.57. The second kappa shape index (κ2) is 6.52. The van der Waals surface area contributed by atoms with Gasteiger partial charge in [0.05, 0.1) is 10.8 Å². The maximum absolute atomic E-state index is 13.3. The molecular formula is C24H32N4O2S. The summed E-state index contributed by atoms with van der Waals surface area (Å²) in [7, 11) is 0. The molecule has 1 heterocycles. The average molecular weight is 441 g/mol. The van der Waals surface area contributed by atoms with Crippen molar-refractivity contribution in [1.82, 2.24) is 9.36 Å². The van der Waals surface area contributed by atoms with E-state index in [4.69, 9.17) is 0 Å². The highest BCUT2D eigenvalue weighted by molar-refractivity contribution is 7.10. The van der Waals surface area contributed by atoms with Gasteiger partial charge >= 0.3 is 0 Å². The predicted molar refractivity (Wildman–Crippen MR) is 118 cm³/mol. The molecule has 2 N–H and O–H groups in total. The largest absolute Gasteiger partial charge is 0.300 e. The standard InChI is InChI=1S/C24H32N4O2S/c29-19(23-7-13-1-14(8-23)3-15(2-13)9-23)25-21-27-22(31-28-21)26-20(30)24-10-16-4-17(11-24)6-18(5-16)12-24/h13-18H,1-12H2,(H2,25,26,27,28,29,30). The Hall–Kier alpha value is -1.50. The number of carbonyl (C=O) groups excluding carboxylic acids is 2. The summed E-state index contributed by atoms with van der Waals surface area (Å²) in [6.07, 6.45) is 14.2. The molecule has 1 aromatic rings. The maximum atomic E-state index is 13.3. The number of rotatable bonds is 4. The Kier molecular flexibility index (Phi) is 4.00. The Labute approximate surface area is 187 Å². The molecule has 0 radical (unpaired) electrons. The topological polar surface area (TPSA) is 84.0 Å². The Balaban J connectivity index is 1.03.